The van der Waals surface area contributed by atoms with Crippen LogP contribution in [0.3, 0.4) is 0 Å². The Kier molecular flexibility index (Phi) is 8.30. The molecule has 8 heteroatoms. The van der Waals surface area contributed by atoms with Gasteiger partial charge in [0.1, 0.15) is 5.82 Å². The van der Waals surface area contributed by atoms with Crippen LogP contribution in [0.1, 0.15) is 17.8 Å². The number of aromatic nitrogens is 3. The van der Waals surface area contributed by atoms with E-state index in [1.807, 2.05) is 60.1 Å². The van der Waals surface area contributed by atoms with Gasteiger partial charge in [-0.3, -0.25) is 9.39 Å². The van der Waals surface area contributed by atoms with Crippen molar-refractivity contribution >= 4 is 47.2 Å². The predicted molar refractivity (Wildman–Crippen MR) is 121 cm³/mol. The summed E-state index contributed by atoms with van der Waals surface area (Å²) in [7, 11) is 3.79. The summed E-state index contributed by atoms with van der Waals surface area (Å²) in [5, 5.41) is 12.6. The van der Waals surface area contributed by atoms with Crippen molar-refractivity contribution < 1.29 is 0 Å². The zero-order valence-corrected chi connectivity index (χ0v) is 18.6. The third-order valence-electron chi connectivity index (χ3n) is 4.18. The summed E-state index contributed by atoms with van der Waals surface area (Å²) in [5.74, 6) is 1.82. The number of benzene rings is 1. The van der Waals surface area contributed by atoms with Crippen molar-refractivity contribution in [3.63, 3.8) is 0 Å². The van der Waals surface area contributed by atoms with Crippen molar-refractivity contribution in [2.45, 2.75) is 19.4 Å². The molecule has 0 spiro atoms. The minimum absolute atomic E-state index is 0. The summed E-state index contributed by atoms with van der Waals surface area (Å²) in [6.45, 7) is 1.51. The maximum atomic E-state index is 6.25. The molecule has 0 aliphatic rings. The van der Waals surface area contributed by atoms with E-state index in [1.165, 1.54) is 0 Å². The first kappa shape index (κ1) is 21.4. The van der Waals surface area contributed by atoms with Gasteiger partial charge in [0.2, 0.25) is 0 Å². The lowest BCUT2D eigenvalue weighted by atomic mass is 10.2. The molecule has 6 nitrogen and oxygen atoms in total. The van der Waals surface area contributed by atoms with E-state index < -0.39 is 0 Å². The molecule has 0 aliphatic heterocycles. The van der Waals surface area contributed by atoms with E-state index in [1.54, 1.807) is 7.05 Å². The average Bonchev–Trinajstić information content (AvgIpc) is 3.07. The second kappa shape index (κ2) is 10.5. The van der Waals surface area contributed by atoms with Crippen LogP contribution in [0.4, 0.5) is 0 Å². The highest BCUT2D eigenvalue weighted by molar-refractivity contribution is 14.0. The molecule has 0 unspecified atom stereocenters. The molecule has 3 aromatic rings. The van der Waals surface area contributed by atoms with Gasteiger partial charge in [-0.2, -0.15) is 0 Å². The van der Waals surface area contributed by atoms with Crippen LogP contribution in [0.2, 0.25) is 5.02 Å². The van der Waals surface area contributed by atoms with Crippen molar-refractivity contribution in [3.8, 4) is 0 Å². The van der Waals surface area contributed by atoms with Crippen LogP contribution in [0, 0.1) is 0 Å². The Morgan fingerprint density at radius 3 is 2.74 bits per heavy atom. The van der Waals surface area contributed by atoms with E-state index in [2.05, 4.69) is 25.4 Å². The van der Waals surface area contributed by atoms with E-state index >= 15 is 0 Å². The summed E-state index contributed by atoms with van der Waals surface area (Å²) in [4.78, 5) is 6.42. The Hall–Kier alpha value is -1.87. The monoisotopic (exact) mass is 498 g/mol. The number of guanidine groups is 1. The third kappa shape index (κ3) is 5.55. The lowest BCUT2D eigenvalue weighted by Crippen LogP contribution is -2.39. The largest absolute Gasteiger partial charge is 0.356 e. The summed E-state index contributed by atoms with van der Waals surface area (Å²) in [6.07, 6.45) is 3.78. The van der Waals surface area contributed by atoms with Gasteiger partial charge in [-0.05, 0) is 30.2 Å². The lowest BCUT2D eigenvalue weighted by molar-refractivity contribution is 0.475. The molecule has 0 atom stereocenters. The van der Waals surface area contributed by atoms with Gasteiger partial charge < -0.3 is 10.2 Å². The number of hydrogen-bond donors (Lipinski definition) is 1. The number of pyridine rings is 1. The van der Waals surface area contributed by atoms with E-state index in [-0.39, 0.29) is 24.0 Å². The van der Waals surface area contributed by atoms with E-state index in [0.717, 1.165) is 47.4 Å². The molecular weight excluding hydrogens is 475 g/mol. The van der Waals surface area contributed by atoms with E-state index in [9.17, 15) is 0 Å². The van der Waals surface area contributed by atoms with Gasteiger partial charge in [-0.25, -0.2) is 0 Å². The van der Waals surface area contributed by atoms with Gasteiger partial charge in [-0.15, -0.1) is 34.2 Å². The summed E-state index contributed by atoms with van der Waals surface area (Å²) in [5.41, 5.74) is 1.96. The van der Waals surface area contributed by atoms with Gasteiger partial charge in [0.15, 0.2) is 11.6 Å². The summed E-state index contributed by atoms with van der Waals surface area (Å²) in [6, 6.07) is 13.8. The van der Waals surface area contributed by atoms with Crippen LogP contribution in [0.25, 0.3) is 5.65 Å². The van der Waals surface area contributed by atoms with Crippen LogP contribution >= 0.6 is 35.6 Å². The quantitative estimate of drug-likeness (QED) is 0.244. The molecule has 0 saturated heterocycles. The normalized spacial score (nSPS) is 11.3. The smallest absolute Gasteiger partial charge is 0.193 e. The molecule has 0 aliphatic carbocycles. The number of hydrogen-bond acceptors (Lipinski definition) is 3. The minimum Gasteiger partial charge on any atom is -0.356 e. The second-order valence-corrected chi connectivity index (χ2v) is 6.48. The molecule has 2 aromatic heterocycles. The SMILES string of the molecule is CN=C(NCCCc1nnc2ccccn12)N(C)Cc1ccccc1Cl.I. The molecular formula is C19H24ClIN6. The highest BCUT2D eigenvalue weighted by Crippen LogP contribution is 2.16. The first-order valence-corrected chi connectivity index (χ1v) is 9.00. The van der Waals surface area contributed by atoms with Crippen LogP contribution in [0.5, 0.6) is 0 Å². The molecule has 0 saturated carbocycles. The Morgan fingerprint density at radius 2 is 1.96 bits per heavy atom. The zero-order chi connectivity index (χ0) is 18.4. The Labute approximate surface area is 181 Å². The first-order chi connectivity index (χ1) is 12.7. The van der Waals surface area contributed by atoms with E-state index in [4.69, 9.17) is 11.6 Å². The van der Waals surface area contributed by atoms with E-state index in [0.29, 0.717) is 6.54 Å². The Balaban J connectivity index is 0.00000261. The Bertz CT molecular complexity index is 895. The topological polar surface area (TPSA) is 57.8 Å². The van der Waals surface area contributed by atoms with Gasteiger partial charge >= 0.3 is 0 Å². The molecule has 1 aromatic carbocycles. The minimum atomic E-state index is 0. The second-order valence-electron chi connectivity index (χ2n) is 6.07. The molecule has 0 radical (unpaired) electrons. The molecule has 0 bridgehead atoms. The number of halogens is 2. The number of aryl methyl sites for hydroxylation is 1. The van der Waals surface area contributed by atoms with Crippen LogP contribution in [0.15, 0.2) is 53.7 Å². The van der Waals surface area contributed by atoms with Crippen molar-refractivity contribution in [1.29, 1.82) is 0 Å². The fraction of sp³-hybridized carbons (Fsp3) is 0.316. The van der Waals surface area contributed by atoms with Gasteiger partial charge in [-0.1, -0.05) is 35.9 Å². The number of nitrogens with zero attached hydrogens (tertiary/aromatic N) is 5. The molecule has 3 rings (SSSR count). The fourth-order valence-corrected chi connectivity index (χ4v) is 3.05. The van der Waals surface area contributed by atoms with Crippen molar-refractivity contribution in [1.82, 2.24) is 24.8 Å². The van der Waals surface area contributed by atoms with Gasteiger partial charge in [0.05, 0.1) is 0 Å². The Morgan fingerprint density at radius 1 is 1.19 bits per heavy atom. The predicted octanol–water partition coefficient (Wildman–Crippen LogP) is 3.64. The molecule has 144 valence electrons. The maximum absolute atomic E-state index is 6.25. The van der Waals surface area contributed by atoms with Crippen molar-refractivity contribution in [3.05, 3.63) is 65.1 Å². The first-order valence-electron chi connectivity index (χ1n) is 8.63. The molecule has 0 amide bonds. The number of fused-ring (bicyclic) bond motifs is 1. The average molecular weight is 499 g/mol. The van der Waals surface area contributed by atoms with Gasteiger partial charge in [0.25, 0.3) is 0 Å². The standard InChI is InChI=1S/C19H23ClN6.HI/c1-21-19(25(2)14-15-8-3-4-9-16(15)20)22-12-7-11-18-24-23-17-10-5-6-13-26(17)18;/h3-6,8-10,13H,7,11-12,14H2,1-2H3,(H,21,22);1H. The highest BCUT2D eigenvalue weighted by atomic mass is 127. The van der Waals surface area contributed by atoms with Crippen LogP contribution in [-0.4, -0.2) is 46.1 Å². The van der Waals surface area contributed by atoms with Crippen molar-refractivity contribution in [2.75, 3.05) is 20.6 Å². The molecule has 2 heterocycles. The van der Waals surface area contributed by atoms with Crippen LogP contribution < -0.4 is 5.32 Å². The zero-order valence-electron chi connectivity index (χ0n) is 15.5. The molecule has 0 fully saturated rings. The summed E-state index contributed by atoms with van der Waals surface area (Å²) < 4.78 is 2.03. The highest BCUT2D eigenvalue weighted by Gasteiger charge is 2.09. The van der Waals surface area contributed by atoms with Gasteiger partial charge in [0, 0.05) is 44.8 Å². The molecule has 27 heavy (non-hydrogen) atoms. The maximum Gasteiger partial charge on any atom is 0.193 e. The number of nitrogens with one attached hydrogen (secondary N) is 1. The van der Waals surface area contributed by atoms with Crippen molar-refractivity contribution in [2.24, 2.45) is 4.99 Å². The molecule has 1 N–H and O–H groups in total. The fourth-order valence-electron chi connectivity index (χ4n) is 2.85. The third-order valence-corrected chi connectivity index (χ3v) is 4.55. The van der Waals surface area contributed by atoms with Crippen LogP contribution in [-0.2, 0) is 13.0 Å². The lowest BCUT2D eigenvalue weighted by Gasteiger charge is -2.22. The summed E-state index contributed by atoms with van der Waals surface area (Å²) >= 11 is 6.25. The number of aliphatic imine (C=N–C) groups is 1. The number of rotatable bonds is 6.